The third-order valence-corrected chi connectivity index (χ3v) is 4.28. The number of nitrogens with one attached hydrogen (secondary N) is 1. The molecule has 0 saturated carbocycles. The fraction of sp³-hybridized carbons (Fsp3) is 0.143. The summed E-state index contributed by atoms with van der Waals surface area (Å²) in [6.45, 7) is 2.91. The molecule has 0 atom stereocenters. The van der Waals surface area contributed by atoms with Crippen molar-refractivity contribution < 1.29 is 14.3 Å². The van der Waals surface area contributed by atoms with Crippen LogP contribution in [0.4, 0.5) is 5.13 Å². The molecule has 3 aromatic rings. The number of carbonyl (C=O) groups excluding carboxylic acids is 1. The largest absolute Gasteiger partial charge is 0.490 e. The van der Waals surface area contributed by atoms with Gasteiger partial charge in [-0.2, -0.15) is 0 Å². The lowest BCUT2D eigenvalue weighted by molar-refractivity contribution is -0.111. The summed E-state index contributed by atoms with van der Waals surface area (Å²) in [6, 6.07) is 15.6. The molecule has 5 nitrogen and oxygen atoms in total. The zero-order valence-electron chi connectivity index (χ0n) is 14.9. The fourth-order valence-electron chi connectivity index (χ4n) is 2.36. The normalized spacial score (nSPS) is 10.7. The van der Waals surface area contributed by atoms with E-state index in [2.05, 4.69) is 10.3 Å². The van der Waals surface area contributed by atoms with Crippen LogP contribution in [0.2, 0.25) is 0 Å². The Kier molecular flexibility index (Phi) is 6.60. The highest BCUT2D eigenvalue weighted by Gasteiger charge is 2.07. The van der Waals surface area contributed by atoms with Gasteiger partial charge in [0.25, 0.3) is 0 Å². The molecule has 0 aliphatic carbocycles. The zero-order valence-corrected chi connectivity index (χ0v) is 15.7. The molecule has 138 valence electrons. The van der Waals surface area contributed by atoms with Gasteiger partial charge in [0.2, 0.25) is 5.91 Å². The minimum absolute atomic E-state index is 0.229. The van der Waals surface area contributed by atoms with Crippen LogP contribution in [0.1, 0.15) is 18.1 Å². The molecule has 2 aromatic carbocycles. The third-order valence-electron chi connectivity index (χ3n) is 3.59. The van der Waals surface area contributed by atoms with Crippen LogP contribution >= 0.6 is 11.3 Å². The maximum Gasteiger partial charge on any atom is 0.250 e. The lowest BCUT2D eigenvalue weighted by atomic mass is 10.2. The predicted octanol–water partition coefficient (Wildman–Crippen LogP) is 4.77. The number of hydrogen-bond donors (Lipinski definition) is 1. The molecule has 0 fully saturated rings. The van der Waals surface area contributed by atoms with Crippen molar-refractivity contribution >= 4 is 28.5 Å². The van der Waals surface area contributed by atoms with Crippen molar-refractivity contribution in [2.45, 2.75) is 13.5 Å². The minimum atomic E-state index is -0.229. The molecule has 27 heavy (non-hydrogen) atoms. The summed E-state index contributed by atoms with van der Waals surface area (Å²) in [5, 5.41) is 5.09. The average molecular weight is 380 g/mol. The van der Waals surface area contributed by atoms with E-state index in [1.807, 2.05) is 60.8 Å². The number of hydrogen-bond acceptors (Lipinski definition) is 5. The number of carbonyl (C=O) groups is 1. The molecular formula is C21H20N2O3S. The molecule has 1 aromatic heterocycles. The van der Waals surface area contributed by atoms with Crippen LogP contribution in [0.3, 0.4) is 0 Å². The standard InChI is InChI=1S/C21H20N2O3S/c1-2-25-19-14-16(9-11-20(24)23-21-22-12-13-27-21)8-10-18(19)26-15-17-6-4-3-5-7-17/h3-14H,2,15H2,1H3,(H,22,23,24)/b11-9+. The van der Waals surface area contributed by atoms with Gasteiger partial charge in [0.1, 0.15) is 6.61 Å². The van der Waals surface area contributed by atoms with Crippen LogP contribution in [0.15, 0.2) is 66.2 Å². The van der Waals surface area contributed by atoms with Crippen LogP contribution < -0.4 is 14.8 Å². The first kappa shape index (κ1) is 18.7. The number of aromatic nitrogens is 1. The van der Waals surface area contributed by atoms with E-state index in [0.717, 1.165) is 11.1 Å². The highest BCUT2D eigenvalue weighted by atomic mass is 32.1. The minimum Gasteiger partial charge on any atom is -0.490 e. The molecule has 0 bridgehead atoms. The van der Waals surface area contributed by atoms with Crippen molar-refractivity contribution in [3.05, 3.63) is 77.3 Å². The third kappa shape index (κ3) is 5.69. The summed E-state index contributed by atoms with van der Waals surface area (Å²) < 4.78 is 11.6. The molecule has 1 amide bonds. The molecule has 3 rings (SSSR count). The van der Waals surface area contributed by atoms with E-state index in [1.54, 1.807) is 12.3 Å². The Hall–Kier alpha value is -3.12. The van der Waals surface area contributed by atoms with Crippen molar-refractivity contribution in [1.82, 2.24) is 4.98 Å². The van der Waals surface area contributed by atoms with Gasteiger partial charge >= 0.3 is 0 Å². The molecular weight excluding hydrogens is 360 g/mol. The van der Waals surface area contributed by atoms with Crippen molar-refractivity contribution in [2.75, 3.05) is 11.9 Å². The van der Waals surface area contributed by atoms with Gasteiger partial charge in [-0.1, -0.05) is 36.4 Å². The Labute approximate surface area is 162 Å². The van der Waals surface area contributed by atoms with E-state index >= 15 is 0 Å². The Morgan fingerprint density at radius 2 is 2.00 bits per heavy atom. The molecule has 6 heteroatoms. The summed E-state index contributed by atoms with van der Waals surface area (Å²) in [5.41, 5.74) is 1.93. The van der Waals surface area contributed by atoms with Crippen LogP contribution in [-0.4, -0.2) is 17.5 Å². The number of ether oxygens (including phenoxy) is 2. The predicted molar refractivity (Wildman–Crippen MR) is 108 cm³/mol. The monoisotopic (exact) mass is 380 g/mol. The van der Waals surface area contributed by atoms with Crippen molar-refractivity contribution in [1.29, 1.82) is 0 Å². The molecule has 0 spiro atoms. The van der Waals surface area contributed by atoms with Gasteiger partial charge in [-0.15, -0.1) is 11.3 Å². The van der Waals surface area contributed by atoms with E-state index in [1.165, 1.54) is 17.4 Å². The highest BCUT2D eigenvalue weighted by molar-refractivity contribution is 7.13. The van der Waals surface area contributed by atoms with Crippen LogP contribution in [0.5, 0.6) is 11.5 Å². The van der Waals surface area contributed by atoms with E-state index in [9.17, 15) is 4.79 Å². The first-order valence-corrected chi connectivity index (χ1v) is 9.44. The number of thiazole rings is 1. The molecule has 1 N–H and O–H groups in total. The number of nitrogens with zero attached hydrogens (tertiary/aromatic N) is 1. The van der Waals surface area contributed by atoms with Crippen LogP contribution in [0, 0.1) is 0 Å². The van der Waals surface area contributed by atoms with Crippen molar-refractivity contribution in [2.24, 2.45) is 0 Å². The van der Waals surface area contributed by atoms with Crippen molar-refractivity contribution in [3.63, 3.8) is 0 Å². The Morgan fingerprint density at radius 1 is 1.15 bits per heavy atom. The average Bonchev–Trinajstić information content (AvgIpc) is 3.19. The van der Waals surface area contributed by atoms with E-state index in [0.29, 0.717) is 29.8 Å². The second kappa shape index (κ2) is 9.54. The smallest absolute Gasteiger partial charge is 0.250 e. The second-order valence-corrected chi connectivity index (χ2v) is 6.47. The maximum atomic E-state index is 11.9. The van der Waals surface area contributed by atoms with Gasteiger partial charge in [-0.25, -0.2) is 4.98 Å². The Balaban J connectivity index is 1.66. The van der Waals surface area contributed by atoms with Crippen LogP contribution in [-0.2, 0) is 11.4 Å². The van der Waals surface area contributed by atoms with E-state index in [-0.39, 0.29) is 5.91 Å². The van der Waals surface area contributed by atoms with Crippen LogP contribution in [0.25, 0.3) is 6.08 Å². The van der Waals surface area contributed by atoms with Gasteiger partial charge in [0, 0.05) is 17.7 Å². The van der Waals surface area contributed by atoms with Gasteiger partial charge < -0.3 is 9.47 Å². The van der Waals surface area contributed by atoms with Gasteiger partial charge in [0.05, 0.1) is 6.61 Å². The summed E-state index contributed by atoms with van der Waals surface area (Å²) >= 11 is 1.37. The molecule has 0 aliphatic heterocycles. The van der Waals surface area contributed by atoms with Gasteiger partial charge in [-0.3, -0.25) is 10.1 Å². The maximum absolute atomic E-state index is 11.9. The topological polar surface area (TPSA) is 60.5 Å². The highest BCUT2D eigenvalue weighted by Crippen LogP contribution is 2.29. The van der Waals surface area contributed by atoms with E-state index < -0.39 is 0 Å². The number of rotatable bonds is 8. The molecule has 1 heterocycles. The first-order chi connectivity index (χ1) is 13.2. The van der Waals surface area contributed by atoms with Gasteiger partial charge in [-0.05, 0) is 36.3 Å². The number of benzene rings is 2. The Bertz CT molecular complexity index is 893. The Morgan fingerprint density at radius 3 is 2.74 bits per heavy atom. The zero-order chi connectivity index (χ0) is 18.9. The SMILES string of the molecule is CCOc1cc(/C=C/C(=O)Nc2nccs2)ccc1OCc1ccccc1. The lowest BCUT2D eigenvalue weighted by Crippen LogP contribution is -2.07. The summed E-state index contributed by atoms with van der Waals surface area (Å²) in [4.78, 5) is 16.0. The molecule has 0 saturated heterocycles. The quantitative estimate of drug-likeness (QED) is 0.572. The van der Waals surface area contributed by atoms with Gasteiger partial charge in [0.15, 0.2) is 16.6 Å². The lowest BCUT2D eigenvalue weighted by Gasteiger charge is -2.12. The number of anilines is 1. The van der Waals surface area contributed by atoms with E-state index in [4.69, 9.17) is 9.47 Å². The molecule has 0 unspecified atom stereocenters. The van der Waals surface area contributed by atoms with Crippen molar-refractivity contribution in [3.8, 4) is 11.5 Å². The summed E-state index contributed by atoms with van der Waals surface area (Å²) in [5.74, 6) is 1.09. The fourth-order valence-corrected chi connectivity index (χ4v) is 2.89. The molecule has 0 aliphatic rings. The second-order valence-electron chi connectivity index (χ2n) is 5.57. The first-order valence-electron chi connectivity index (χ1n) is 8.56. The summed E-state index contributed by atoms with van der Waals surface area (Å²) in [6.07, 6.45) is 4.84. The number of amides is 1. The summed E-state index contributed by atoms with van der Waals surface area (Å²) in [7, 11) is 0. The molecule has 0 radical (unpaired) electrons.